The molecule has 3 aromatic rings. The Morgan fingerprint density at radius 3 is 2.45 bits per heavy atom. The van der Waals surface area contributed by atoms with E-state index in [0.717, 1.165) is 40.1 Å². The van der Waals surface area contributed by atoms with E-state index in [0.29, 0.717) is 23.8 Å². The van der Waals surface area contributed by atoms with Crippen molar-refractivity contribution in [1.29, 1.82) is 0 Å². The highest BCUT2D eigenvalue weighted by atomic mass is 16.5. The Morgan fingerprint density at radius 2 is 1.74 bits per heavy atom. The number of benzene rings is 3. The van der Waals surface area contributed by atoms with Gasteiger partial charge in [0.15, 0.2) is 0 Å². The maximum Gasteiger partial charge on any atom is 0.255 e. The second kappa shape index (κ2) is 10.2. The Hall–Kier alpha value is -3.27. The third-order valence-corrected chi connectivity index (χ3v) is 5.45. The second-order valence-corrected chi connectivity index (χ2v) is 7.92. The number of hydrogen-bond donors (Lipinski definition) is 1. The fourth-order valence-corrected chi connectivity index (χ4v) is 3.66. The summed E-state index contributed by atoms with van der Waals surface area (Å²) in [7, 11) is 1.63. The van der Waals surface area contributed by atoms with Crippen LogP contribution in [-0.4, -0.2) is 13.0 Å². The van der Waals surface area contributed by atoms with Crippen molar-refractivity contribution in [3.05, 3.63) is 88.5 Å². The molecule has 0 radical (unpaired) electrons. The number of ether oxygens (including phenoxy) is 2. The van der Waals surface area contributed by atoms with Gasteiger partial charge in [-0.25, -0.2) is 0 Å². The van der Waals surface area contributed by atoms with Crippen LogP contribution in [0.3, 0.4) is 0 Å². The third kappa shape index (κ3) is 5.26. The molecule has 3 rings (SSSR count). The molecule has 0 heterocycles. The Kier molecular flexibility index (Phi) is 7.35. The first-order valence-electron chi connectivity index (χ1n) is 10.7. The molecular formula is C27H31NO3. The zero-order valence-electron chi connectivity index (χ0n) is 19.0. The fourth-order valence-electron chi connectivity index (χ4n) is 3.66. The fraction of sp³-hybridized carbons (Fsp3) is 0.296. The first-order valence-corrected chi connectivity index (χ1v) is 10.7. The van der Waals surface area contributed by atoms with Crippen LogP contribution in [0.25, 0.3) is 0 Å². The van der Waals surface area contributed by atoms with Crippen molar-refractivity contribution >= 4 is 11.6 Å². The van der Waals surface area contributed by atoms with E-state index in [1.54, 1.807) is 13.2 Å². The van der Waals surface area contributed by atoms with E-state index >= 15 is 0 Å². The lowest BCUT2D eigenvalue weighted by Crippen LogP contribution is -2.15. The van der Waals surface area contributed by atoms with Crippen molar-refractivity contribution in [2.75, 3.05) is 12.4 Å². The van der Waals surface area contributed by atoms with Crippen molar-refractivity contribution < 1.29 is 14.3 Å². The lowest BCUT2D eigenvalue weighted by molar-refractivity contribution is 0.102. The van der Waals surface area contributed by atoms with Crippen molar-refractivity contribution in [3.8, 4) is 11.5 Å². The Balaban J connectivity index is 1.83. The quantitative estimate of drug-likeness (QED) is 0.454. The van der Waals surface area contributed by atoms with E-state index in [1.807, 2.05) is 55.5 Å². The smallest absolute Gasteiger partial charge is 0.255 e. The summed E-state index contributed by atoms with van der Waals surface area (Å²) in [5.41, 5.74) is 5.61. The van der Waals surface area contributed by atoms with Crippen LogP contribution in [0.4, 0.5) is 5.69 Å². The molecule has 0 spiro atoms. The number of rotatable bonds is 8. The summed E-state index contributed by atoms with van der Waals surface area (Å²) < 4.78 is 11.6. The van der Waals surface area contributed by atoms with Gasteiger partial charge in [-0.15, -0.1) is 0 Å². The summed E-state index contributed by atoms with van der Waals surface area (Å²) in [6, 6.07) is 19.6. The van der Waals surface area contributed by atoms with Crippen LogP contribution in [0.15, 0.2) is 60.7 Å². The van der Waals surface area contributed by atoms with Crippen molar-refractivity contribution in [1.82, 2.24) is 0 Å². The van der Waals surface area contributed by atoms with Gasteiger partial charge in [0.25, 0.3) is 5.91 Å². The second-order valence-electron chi connectivity index (χ2n) is 7.92. The highest BCUT2D eigenvalue weighted by Crippen LogP contribution is 2.29. The molecule has 0 aliphatic carbocycles. The number of amides is 1. The van der Waals surface area contributed by atoms with Crippen LogP contribution in [0.5, 0.6) is 11.5 Å². The molecule has 0 atom stereocenters. The first-order chi connectivity index (χ1) is 14.9. The highest BCUT2D eigenvalue weighted by molar-refractivity contribution is 6.05. The van der Waals surface area contributed by atoms with Gasteiger partial charge >= 0.3 is 0 Å². The van der Waals surface area contributed by atoms with Crippen LogP contribution in [0.2, 0.25) is 0 Å². The Labute approximate surface area is 185 Å². The van der Waals surface area contributed by atoms with E-state index in [4.69, 9.17) is 9.47 Å². The maximum absolute atomic E-state index is 13.0. The van der Waals surface area contributed by atoms with Gasteiger partial charge in [0.2, 0.25) is 0 Å². The minimum absolute atomic E-state index is 0.143. The molecule has 1 amide bonds. The van der Waals surface area contributed by atoms with Crippen LogP contribution in [0, 0.1) is 6.92 Å². The zero-order valence-corrected chi connectivity index (χ0v) is 19.0. The van der Waals surface area contributed by atoms with Gasteiger partial charge in [0.1, 0.15) is 18.1 Å². The van der Waals surface area contributed by atoms with Crippen molar-refractivity contribution in [3.63, 3.8) is 0 Å². The number of carbonyl (C=O) groups excluding carboxylic acids is 1. The monoisotopic (exact) mass is 417 g/mol. The third-order valence-electron chi connectivity index (χ3n) is 5.45. The number of carbonyl (C=O) groups is 1. The SMILES string of the molecule is CCc1cccc(C)c1NC(=O)c1ccc(OC)c(COc2ccccc2C(C)C)c1. The molecule has 0 unspecified atom stereocenters. The Morgan fingerprint density at radius 1 is 0.968 bits per heavy atom. The number of hydrogen-bond acceptors (Lipinski definition) is 3. The molecule has 0 saturated heterocycles. The summed E-state index contributed by atoms with van der Waals surface area (Å²) in [6.45, 7) is 8.70. The molecule has 4 nitrogen and oxygen atoms in total. The molecule has 3 aromatic carbocycles. The minimum Gasteiger partial charge on any atom is -0.496 e. The summed E-state index contributed by atoms with van der Waals surface area (Å²) in [5.74, 6) is 1.76. The molecule has 31 heavy (non-hydrogen) atoms. The van der Waals surface area contributed by atoms with Gasteiger partial charge < -0.3 is 14.8 Å². The number of anilines is 1. The van der Waals surface area contributed by atoms with Crippen molar-refractivity contribution in [2.24, 2.45) is 0 Å². The standard InChI is InChI=1S/C27H31NO3/c1-6-20-11-9-10-19(4)26(20)28-27(29)21-14-15-24(30-5)22(16-21)17-31-25-13-8-7-12-23(25)18(2)3/h7-16,18H,6,17H2,1-5H3,(H,28,29). The van der Waals surface area contributed by atoms with E-state index < -0.39 is 0 Å². The zero-order chi connectivity index (χ0) is 22.4. The molecule has 0 aliphatic rings. The topological polar surface area (TPSA) is 47.6 Å². The lowest BCUT2D eigenvalue weighted by Gasteiger charge is -2.16. The summed E-state index contributed by atoms with van der Waals surface area (Å²) in [6.07, 6.45) is 0.855. The lowest BCUT2D eigenvalue weighted by atomic mass is 10.0. The molecular weight excluding hydrogens is 386 g/mol. The van der Waals surface area contributed by atoms with E-state index in [9.17, 15) is 4.79 Å². The van der Waals surface area contributed by atoms with Crippen LogP contribution < -0.4 is 14.8 Å². The molecule has 0 saturated carbocycles. The van der Waals surface area contributed by atoms with Crippen LogP contribution >= 0.6 is 0 Å². The maximum atomic E-state index is 13.0. The summed E-state index contributed by atoms with van der Waals surface area (Å²) in [5, 5.41) is 3.09. The normalized spacial score (nSPS) is 10.8. The van der Waals surface area contributed by atoms with Gasteiger partial charge in [-0.1, -0.05) is 57.2 Å². The van der Waals surface area contributed by atoms with E-state index in [2.05, 4.69) is 32.2 Å². The van der Waals surface area contributed by atoms with E-state index in [-0.39, 0.29) is 5.91 Å². The molecule has 1 N–H and O–H groups in total. The average molecular weight is 418 g/mol. The molecule has 162 valence electrons. The summed E-state index contributed by atoms with van der Waals surface area (Å²) in [4.78, 5) is 13.0. The van der Waals surface area contributed by atoms with Crippen molar-refractivity contribution in [2.45, 2.75) is 46.6 Å². The molecule has 0 fully saturated rings. The predicted octanol–water partition coefficient (Wildman–Crippen LogP) is 6.52. The number of para-hydroxylation sites is 2. The molecule has 0 aromatic heterocycles. The minimum atomic E-state index is -0.143. The van der Waals surface area contributed by atoms with Gasteiger partial charge in [0, 0.05) is 16.8 Å². The molecule has 4 heteroatoms. The van der Waals surface area contributed by atoms with Gasteiger partial charge in [-0.2, -0.15) is 0 Å². The largest absolute Gasteiger partial charge is 0.496 e. The predicted molar refractivity (Wildman–Crippen MR) is 126 cm³/mol. The average Bonchev–Trinajstić information content (AvgIpc) is 2.78. The molecule has 0 aliphatic heterocycles. The van der Waals surface area contributed by atoms with Crippen LogP contribution in [0.1, 0.15) is 59.3 Å². The summed E-state index contributed by atoms with van der Waals surface area (Å²) >= 11 is 0. The molecule has 0 bridgehead atoms. The number of aryl methyl sites for hydroxylation is 2. The van der Waals surface area contributed by atoms with Gasteiger partial charge in [0.05, 0.1) is 7.11 Å². The highest BCUT2D eigenvalue weighted by Gasteiger charge is 2.15. The first kappa shape index (κ1) is 22.4. The van der Waals surface area contributed by atoms with E-state index in [1.165, 1.54) is 0 Å². The Bertz CT molecular complexity index is 1060. The number of nitrogens with one attached hydrogen (secondary N) is 1. The van der Waals surface area contributed by atoms with Gasteiger partial charge in [-0.05, 0) is 60.2 Å². The number of methoxy groups -OCH3 is 1. The van der Waals surface area contributed by atoms with Gasteiger partial charge in [-0.3, -0.25) is 4.79 Å². The van der Waals surface area contributed by atoms with Crippen LogP contribution in [-0.2, 0) is 13.0 Å².